The van der Waals surface area contributed by atoms with Gasteiger partial charge in [-0.25, -0.2) is 4.79 Å². The zero-order valence-corrected chi connectivity index (χ0v) is 8.91. The van der Waals surface area contributed by atoms with Gasteiger partial charge in [0.05, 0.1) is 10.2 Å². The molecule has 1 atom stereocenters. The Labute approximate surface area is 98.6 Å². The number of nitrogens with zero attached hydrogens (tertiary/aromatic N) is 2. The molecule has 1 aliphatic heterocycles. The van der Waals surface area contributed by atoms with Crippen molar-refractivity contribution in [2.75, 3.05) is 6.61 Å². The van der Waals surface area contributed by atoms with Gasteiger partial charge >= 0.3 is 23.2 Å². The number of carbonyl (C=O) groups is 1. The standard InChI is InChI=1S/C4H6O3.Mn.2NO3/c1-3-2-6-4(5)7-3;;2*2-1(3)4/h3H,2H2,1H3;;;/q;+2;2*-1. The van der Waals surface area contributed by atoms with Crippen molar-refractivity contribution in [2.45, 2.75) is 13.0 Å². The van der Waals surface area contributed by atoms with Crippen molar-refractivity contribution in [2.24, 2.45) is 0 Å². The minimum atomic E-state index is -1.75. The van der Waals surface area contributed by atoms with Crippen LogP contribution in [-0.4, -0.2) is 29.0 Å². The molecule has 12 heteroatoms. The Morgan fingerprint density at radius 2 is 1.50 bits per heavy atom. The average Bonchev–Trinajstić information content (AvgIpc) is 2.31. The van der Waals surface area contributed by atoms with Crippen LogP contribution in [0.1, 0.15) is 6.92 Å². The Bertz CT molecular complexity index is 214. The van der Waals surface area contributed by atoms with E-state index in [9.17, 15) is 4.79 Å². The van der Waals surface area contributed by atoms with E-state index in [1.165, 1.54) is 0 Å². The summed E-state index contributed by atoms with van der Waals surface area (Å²) in [6.07, 6.45) is -0.597. The van der Waals surface area contributed by atoms with Crippen LogP contribution >= 0.6 is 0 Å². The molecule has 1 saturated heterocycles. The van der Waals surface area contributed by atoms with Crippen LogP contribution in [0.25, 0.3) is 0 Å². The Morgan fingerprint density at radius 1 is 1.19 bits per heavy atom. The third-order valence-electron chi connectivity index (χ3n) is 0.733. The van der Waals surface area contributed by atoms with E-state index >= 15 is 0 Å². The average molecular weight is 281 g/mol. The molecule has 0 amide bonds. The third-order valence-corrected chi connectivity index (χ3v) is 0.733. The second kappa shape index (κ2) is 11.3. The van der Waals surface area contributed by atoms with Crippen LogP contribution in [-0.2, 0) is 26.5 Å². The van der Waals surface area contributed by atoms with Gasteiger partial charge in [0.2, 0.25) is 0 Å². The molecule has 16 heavy (non-hydrogen) atoms. The minimum absolute atomic E-state index is 0. The molecular formula is C4H6MnN2O9. The van der Waals surface area contributed by atoms with Crippen molar-refractivity contribution < 1.29 is 41.5 Å². The summed E-state index contributed by atoms with van der Waals surface area (Å²) in [5.74, 6) is 0. The molecule has 0 spiro atoms. The van der Waals surface area contributed by atoms with Crippen molar-refractivity contribution in [1.29, 1.82) is 0 Å². The SMILES string of the molecule is CC1COC(=O)O1.O=[N+]([O-])[O-].O=[N+]([O-])[O-].[Mn+2]. The van der Waals surface area contributed by atoms with E-state index in [0.29, 0.717) is 6.61 Å². The first-order valence-electron chi connectivity index (χ1n) is 3.22. The second-order valence-electron chi connectivity index (χ2n) is 1.94. The third kappa shape index (κ3) is 29.5. The second-order valence-corrected chi connectivity index (χ2v) is 1.94. The normalized spacial score (nSPS) is 15.8. The summed E-state index contributed by atoms with van der Waals surface area (Å²) < 4.78 is 8.90. The molecular weight excluding hydrogens is 275 g/mol. The predicted octanol–water partition coefficient (Wildman–Crippen LogP) is 0.0610. The Morgan fingerprint density at radius 3 is 1.56 bits per heavy atom. The van der Waals surface area contributed by atoms with Crippen LogP contribution in [0.15, 0.2) is 0 Å². The van der Waals surface area contributed by atoms with Gasteiger partial charge in [0, 0.05) is 0 Å². The minimum Gasteiger partial charge on any atom is -0.430 e. The summed E-state index contributed by atoms with van der Waals surface area (Å²) in [6.45, 7) is 2.18. The molecule has 0 aromatic heterocycles. The van der Waals surface area contributed by atoms with E-state index in [1.807, 2.05) is 0 Å². The zero-order chi connectivity index (χ0) is 12.4. The fourth-order valence-electron chi connectivity index (χ4n) is 0.418. The van der Waals surface area contributed by atoms with Gasteiger partial charge in [-0.05, 0) is 6.92 Å². The van der Waals surface area contributed by atoms with E-state index in [4.69, 9.17) is 30.6 Å². The van der Waals surface area contributed by atoms with Crippen LogP contribution in [0.3, 0.4) is 0 Å². The monoisotopic (exact) mass is 281 g/mol. The zero-order valence-electron chi connectivity index (χ0n) is 7.73. The quantitative estimate of drug-likeness (QED) is 0.258. The van der Waals surface area contributed by atoms with Gasteiger partial charge in [-0.3, -0.25) is 0 Å². The molecule has 1 fully saturated rings. The summed E-state index contributed by atoms with van der Waals surface area (Å²) >= 11 is 0. The predicted molar refractivity (Wildman–Crippen MR) is 42.6 cm³/mol. The van der Waals surface area contributed by atoms with Gasteiger partial charge in [-0.1, -0.05) is 0 Å². The van der Waals surface area contributed by atoms with Gasteiger partial charge in [-0.2, -0.15) is 0 Å². The summed E-state index contributed by atoms with van der Waals surface area (Å²) in [7, 11) is 0. The molecule has 1 radical (unpaired) electrons. The van der Waals surface area contributed by atoms with Crippen LogP contribution in [0.4, 0.5) is 4.79 Å². The first-order chi connectivity index (χ1) is 6.75. The van der Waals surface area contributed by atoms with Crippen molar-refractivity contribution >= 4 is 6.16 Å². The molecule has 1 heterocycles. The Hall–Kier alpha value is -1.81. The maximum atomic E-state index is 10.0. The number of carbonyl (C=O) groups excluding carboxylic acids is 1. The van der Waals surface area contributed by atoms with Crippen molar-refractivity contribution in [1.82, 2.24) is 0 Å². The van der Waals surface area contributed by atoms with Gasteiger partial charge in [0.25, 0.3) is 0 Å². The fraction of sp³-hybridized carbons (Fsp3) is 0.750. The smallest absolute Gasteiger partial charge is 0.430 e. The first kappa shape index (κ1) is 19.7. The van der Waals surface area contributed by atoms with Crippen LogP contribution in [0, 0.1) is 30.6 Å². The summed E-state index contributed by atoms with van der Waals surface area (Å²) in [6, 6.07) is 0. The molecule has 1 unspecified atom stereocenters. The fourth-order valence-corrected chi connectivity index (χ4v) is 0.418. The molecule has 0 aromatic rings. The van der Waals surface area contributed by atoms with Crippen LogP contribution in [0.5, 0.6) is 0 Å². The molecule has 0 N–H and O–H groups in total. The molecule has 11 nitrogen and oxygen atoms in total. The van der Waals surface area contributed by atoms with Crippen LogP contribution < -0.4 is 0 Å². The van der Waals surface area contributed by atoms with Crippen LogP contribution in [0.2, 0.25) is 0 Å². The summed E-state index contributed by atoms with van der Waals surface area (Å²) in [5, 5.41) is 29.5. The molecule has 93 valence electrons. The Kier molecular flexibility index (Phi) is 13.9. The molecule has 0 aromatic carbocycles. The van der Waals surface area contributed by atoms with Crippen molar-refractivity contribution in [3.8, 4) is 0 Å². The van der Waals surface area contributed by atoms with Gasteiger partial charge < -0.3 is 40.1 Å². The molecule has 0 saturated carbocycles. The van der Waals surface area contributed by atoms with Crippen molar-refractivity contribution in [3.63, 3.8) is 0 Å². The van der Waals surface area contributed by atoms with E-state index in [1.54, 1.807) is 6.92 Å². The van der Waals surface area contributed by atoms with E-state index in [-0.39, 0.29) is 23.2 Å². The topological polar surface area (TPSA) is 168 Å². The summed E-state index contributed by atoms with van der Waals surface area (Å²) in [5.41, 5.74) is 0. The van der Waals surface area contributed by atoms with Gasteiger partial charge in [-0.15, -0.1) is 0 Å². The number of cyclic esters (lactones) is 2. The molecule has 1 aliphatic rings. The molecule has 0 bridgehead atoms. The summed E-state index contributed by atoms with van der Waals surface area (Å²) in [4.78, 5) is 26.5. The van der Waals surface area contributed by atoms with E-state index in [2.05, 4.69) is 9.47 Å². The van der Waals surface area contributed by atoms with E-state index in [0.717, 1.165) is 0 Å². The number of rotatable bonds is 0. The molecule has 1 rings (SSSR count). The number of hydrogen-bond donors (Lipinski definition) is 0. The Balaban J connectivity index is -0.000000166. The van der Waals surface area contributed by atoms with Crippen molar-refractivity contribution in [3.05, 3.63) is 30.6 Å². The van der Waals surface area contributed by atoms with E-state index < -0.39 is 16.3 Å². The maximum Gasteiger partial charge on any atom is 2.00 e. The number of ether oxygens (including phenoxy) is 2. The number of hydrogen-bond acceptors (Lipinski definition) is 9. The maximum absolute atomic E-state index is 10.0. The molecule has 0 aliphatic carbocycles. The largest absolute Gasteiger partial charge is 2.00 e. The van der Waals surface area contributed by atoms with Gasteiger partial charge in [0.15, 0.2) is 0 Å². The first-order valence-corrected chi connectivity index (χ1v) is 3.22. The van der Waals surface area contributed by atoms with Gasteiger partial charge in [0.1, 0.15) is 12.7 Å².